The fourth-order valence-corrected chi connectivity index (χ4v) is 3.21. The molecular weight excluding hydrogens is 366 g/mol. The van der Waals surface area contributed by atoms with E-state index in [1.54, 1.807) is 28.8 Å². The third-order valence-corrected chi connectivity index (χ3v) is 4.77. The van der Waals surface area contributed by atoms with Crippen LogP contribution in [0.3, 0.4) is 0 Å². The lowest BCUT2D eigenvalue weighted by atomic mass is 10.1. The van der Waals surface area contributed by atoms with Gasteiger partial charge in [0.05, 0.1) is 12.9 Å². The van der Waals surface area contributed by atoms with Crippen LogP contribution in [0.4, 0.5) is 5.82 Å². The van der Waals surface area contributed by atoms with E-state index in [9.17, 15) is 15.0 Å². The van der Waals surface area contributed by atoms with Gasteiger partial charge >= 0.3 is 0 Å². The zero-order valence-electron chi connectivity index (χ0n) is 15.0. The number of aromatic nitrogens is 4. The van der Waals surface area contributed by atoms with Crippen molar-refractivity contribution in [1.82, 2.24) is 19.5 Å². The molecule has 10 heteroatoms. The highest BCUT2D eigenvalue weighted by Crippen LogP contribution is 2.38. The summed E-state index contributed by atoms with van der Waals surface area (Å²) in [5.74, 6) is -1.56. The minimum Gasteiger partial charge on any atom is -0.391 e. The van der Waals surface area contributed by atoms with Crippen molar-refractivity contribution in [2.75, 3.05) is 19.0 Å². The molecule has 2 aromatic heterocycles. The fourth-order valence-electron chi connectivity index (χ4n) is 3.21. The highest BCUT2D eigenvalue weighted by Gasteiger charge is 2.49. The number of carbonyl (C=O) groups is 1. The summed E-state index contributed by atoms with van der Waals surface area (Å²) in [6, 6.07) is 8.75. The highest BCUT2D eigenvalue weighted by molar-refractivity contribution is 6.06. The smallest absolute Gasteiger partial charge is 0.256 e. The zero-order valence-corrected chi connectivity index (χ0v) is 15.0. The summed E-state index contributed by atoms with van der Waals surface area (Å²) in [4.78, 5) is 25.0. The Morgan fingerprint density at radius 3 is 2.82 bits per heavy atom. The number of hydrogen-bond donors (Lipinski definition) is 3. The van der Waals surface area contributed by atoms with Crippen molar-refractivity contribution in [3.63, 3.8) is 0 Å². The van der Waals surface area contributed by atoms with Gasteiger partial charge in [0.2, 0.25) is 5.79 Å². The second kappa shape index (κ2) is 7.24. The van der Waals surface area contributed by atoms with Gasteiger partial charge in [-0.05, 0) is 12.1 Å². The van der Waals surface area contributed by atoms with Crippen LogP contribution in [0, 0.1) is 0 Å². The molecule has 0 bridgehead atoms. The third kappa shape index (κ3) is 3.02. The summed E-state index contributed by atoms with van der Waals surface area (Å²) in [5, 5.41) is 22.5. The number of rotatable bonds is 5. The van der Waals surface area contributed by atoms with Gasteiger partial charge in [0.15, 0.2) is 17.0 Å². The summed E-state index contributed by atoms with van der Waals surface area (Å²) in [7, 11) is 1.35. The molecule has 10 nitrogen and oxygen atoms in total. The van der Waals surface area contributed by atoms with Gasteiger partial charge in [0.25, 0.3) is 5.91 Å². The SMILES string of the molecule is CO[C@]1(CO)O[C@@H](n2cnc3c(NC(=O)c4ccccc4)ncnc32)C[C@@H]1O. The van der Waals surface area contributed by atoms with E-state index in [1.165, 1.54) is 19.8 Å². The largest absolute Gasteiger partial charge is 0.391 e. The number of anilines is 1. The van der Waals surface area contributed by atoms with Gasteiger partial charge in [-0.2, -0.15) is 0 Å². The van der Waals surface area contributed by atoms with Crippen LogP contribution in [-0.4, -0.2) is 61.2 Å². The molecule has 3 N–H and O–H groups in total. The van der Waals surface area contributed by atoms with Crippen molar-refractivity contribution >= 4 is 22.9 Å². The molecule has 4 rings (SSSR count). The van der Waals surface area contributed by atoms with E-state index in [0.29, 0.717) is 16.7 Å². The molecule has 0 spiro atoms. The number of benzene rings is 1. The maximum absolute atomic E-state index is 12.4. The number of amides is 1. The van der Waals surface area contributed by atoms with E-state index >= 15 is 0 Å². The van der Waals surface area contributed by atoms with Gasteiger partial charge in [-0.15, -0.1) is 0 Å². The maximum Gasteiger partial charge on any atom is 0.256 e. The number of nitrogens with zero attached hydrogens (tertiary/aromatic N) is 4. The molecule has 0 saturated carbocycles. The standard InChI is InChI=1S/C18H19N5O5/c1-27-18(8-24)12(25)7-13(28-18)23-10-21-14-15(19-9-20-16(14)23)22-17(26)11-5-3-2-4-6-11/h2-6,9-10,12-13,24-25H,7-8H2,1H3,(H,19,20,22,26)/t12-,13+,18+/m0/s1. The first-order valence-corrected chi connectivity index (χ1v) is 8.64. The van der Waals surface area contributed by atoms with Gasteiger partial charge in [-0.3, -0.25) is 9.36 Å². The Labute approximate surface area is 159 Å². The lowest BCUT2D eigenvalue weighted by Crippen LogP contribution is -2.44. The highest BCUT2D eigenvalue weighted by atomic mass is 16.7. The van der Waals surface area contributed by atoms with Crippen LogP contribution in [0.5, 0.6) is 0 Å². The molecule has 0 radical (unpaired) electrons. The van der Waals surface area contributed by atoms with Crippen molar-refractivity contribution in [3.05, 3.63) is 48.5 Å². The molecular formula is C18H19N5O5. The zero-order chi connectivity index (χ0) is 19.7. The summed E-state index contributed by atoms with van der Waals surface area (Å²) in [6.07, 6.45) is 1.29. The molecule has 28 heavy (non-hydrogen) atoms. The molecule has 0 aliphatic carbocycles. The summed E-state index contributed by atoms with van der Waals surface area (Å²) >= 11 is 0. The van der Waals surface area contributed by atoms with Gasteiger partial charge < -0.3 is 25.0 Å². The Kier molecular flexibility index (Phi) is 4.77. The van der Waals surface area contributed by atoms with E-state index in [-0.39, 0.29) is 18.1 Å². The average Bonchev–Trinajstić information content (AvgIpc) is 3.30. The monoisotopic (exact) mass is 385 g/mol. The van der Waals surface area contributed by atoms with Crippen molar-refractivity contribution in [2.24, 2.45) is 0 Å². The number of ether oxygens (including phenoxy) is 2. The van der Waals surface area contributed by atoms with E-state index in [4.69, 9.17) is 9.47 Å². The molecule has 1 aliphatic rings. The number of hydrogen-bond acceptors (Lipinski definition) is 8. The minimum atomic E-state index is -1.50. The maximum atomic E-state index is 12.4. The van der Waals surface area contributed by atoms with Crippen molar-refractivity contribution in [1.29, 1.82) is 0 Å². The number of aliphatic hydroxyl groups is 2. The summed E-state index contributed by atoms with van der Waals surface area (Å²) in [5.41, 5.74) is 1.29. The molecule has 146 valence electrons. The third-order valence-electron chi connectivity index (χ3n) is 4.77. The van der Waals surface area contributed by atoms with E-state index < -0.39 is 24.7 Å². The molecule has 1 aromatic carbocycles. The topological polar surface area (TPSA) is 132 Å². The second-order valence-corrected chi connectivity index (χ2v) is 6.36. The number of imidazole rings is 1. The van der Waals surface area contributed by atoms with Crippen LogP contribution < -0.4 is 5.32 Å². The van der Waals surface area contributed by atoms with Gasteiger partial charge in [0.1, 0.15) is 18.7 Å². The van der Waals surface area contributed by atoms with Crippen LogP contribution in [0.25, 0.3) is 11.2 Å². The van der Waals surface area contributed by atoms with Crippen molar-refractivity contribution in [2.45, 2.75) is 24.5 Å². The predicted octanol–water partition coefficient (Wildman–Crippen LogP) is 0.693. The normalized spacial score (nSPS) is 24.5. The lowest BCUT2D eigenvalue weighted by molar-refractivity contribution is -0.269. The Morgan fingerprint density at radius 2 is 2.14 bits per heavy atom. The van der Waals surface area contributed by atoms with Crippen LogP contribution in [-0.2, 0) is 9.47 Å². The second-order valence-electron chi connectivity index (χ2n) is 6.36. The minimum absolute atomic E-state index is 0.176. The fraction of sp³-hybridized carbons (Fsp3) is 0.333. The van der Waals surface area contributed by atoms with E-state index in [1.807, 2.05) is 6.07 Å². The van der Waals surface area contributed by atoms with E-state index in [2.05, 4.69) is 20.3 Å². The van der Waals surface area contributed by atoms with E-state index in [0.717, 1.165) is 0 Å². The number of carbonyl (C=O) groups excluding carboxylic acids is 1. The van der Waals surface area contributed by atoms with Crippen LogP contribution in [0.2, 0.25) is 0 Å². The molecule has 1 saturated heterocycles. The Hall–Kier alpha value is -2.92. The van der Waals surface area contributed by atoms with Crippen molar-refractivity contribution in [3.8, 4) is 0 Å². The number of methoxy groups -OCH3 is 1. The Bertz CT molecular complexity index is 988. The van der Waals surface area contributed by atoms with Crippen LogP contribution >= 0.6 is 0 Å². The first kappa shape index (κ1) is 18.4. The molecule has 0 unspecified atom stereocenters. The van der Waals surface area contributed by atoms with Gasteiger partial charge in [-0.1, -0.05) is 18.2 Å². The molecule has 3 aromatic rings. The molecule has 1 aliphatic heterocycles. The number of nitrogens with one attached hydrogen (secondary N) is 1. The Morgan fingerprint density at radius 1 is 1.36 bits per heavy atom. The number of aliphatic hydroxyl groups excluding tert-OH is 2. The first-order chi connectivity index (χ1) is 13.6. The summed E-state index contributed by atoms with van der Waals surface area (Å²) < 4.78 is 12.5. The molecule has 3 atom stereocenters. The molecule has 1 amide bonds. The lowest BCUT2D eigenvalue weighted by Gasteiger charge is -2.28. The molecule has 3 heterocycles. The predicted molar refractivity (Wildman–Crippen MR) is 97.3 cm³/mol. The Balaban J connectivity index is 1.64. The number of fused-ring (bicyclic) bond motifs is 1. The van der Waals surface area contributed by atoms with Crippen LogP contribution in [0.1, 0.15) is 23.0 Å². The quantitative estimate of drug-likeness (QED) is 0.585. The van der Waals surface area contributed by atoms with Crippen molar-refractivity contribution < 1.29 is 24.5 Å². The van der Waals surface area contributed by atoms with Gasteiger partial charge in [0, 0.05) is 19.1 Å². The average molecular weight is 385 g/mol. The summed E-state index contributed by atoms with van der Waals surface area (Å²) in [6.45, 7) is -0.499. The first-order valence-electron chi connectivity index (χ1n) is 8.64. The molecule has 1 fully saturated rings. The van der Waals surface area contributed by atoms with Gasteiger partial charge in [-0.25, -0.2) is 15.0 Å². The van der Waals surface area contributed by atoms with Crippen LogP contribution in [0.15, 0.2) is 43.0 Å².